The summed E-state index contributed by atoms with van der Waals surface area (Å²) in [6.07, 6.45) is 2.91. The predicted molar refractivity (Wildman–Crippen MR) is 102 cm³/mol. The number of benzene rings is 2. The fourth-order valence-corrected chi connectivity index (χ4v) is 2.66. The third-order valence-corrected chi connectivity index (χ3v) is 3.97. The first kappa shape index (κ1) is 17.7. The van der Waals surface area contributed by atoms with Gasteiger partial charge in [0.1, 0.15) is 5.75 Å². The molecule has 0 spiro atoms. The number of nitrogens with one attached hydrogen (secondary N) is 1. The van der Waals surface area contributed by atoms with Gasteiger partial charge in [0.25, 0.3) is 0 Å². The number of nitrogens with zero attached hydrogens (tertiary/aromatic N) is 1. The maximum Gasteiger partial charge on any atom is 0.220 e. The minimum Gasteiger partial charge on any atom is -0.439 e. The molecule has 0 saturated carbocycles. The van der Waals surface area contributed by atoms with E-state index in [9.17, 15) is 4.79 Å². The second-order valence-corrected chi connectivity index (χ2v) is 6.18. The van der Waals surface area contributed by atoms with Crippen molar-refractivity contribution in [2.45, 2.75) is 26.3 Å². The highest BCUT2D eigenvalue weighted by molar-refractivity contribution is 5.76. The molecule has 0 radical (unpaired) electrons. The highest BCUT2D eigenvalue weighted by Gasteiger charge is 2.04. The summed E-state index contributed by atoms with van der Waals surface area (Å²) in [5, 5.41) is 2.96. The molecule has 3 aromatic rings. The fourth-order valence-electron chi connectivity index (χ4n) is 2.66. The Morgan fingerprint density at radius 1 is 1.00 bits per heavy atom. The molecule has 0 bridgehead atoms. The highest BCUT2D eigenvalue weighted by Crippen LogP contribution is 2.20. The van der Waals surface area contributed by atoms with Crippen molar-refractivity contribution in [3.8, 4) is 11.6 Å². The standard InChI is InChI=1S/C22H22N2O2/c1-17-6-4-7-18(14-17)11-12-21(25)24-16-19-8-5-9-20(15-19)26-22-10-2-3-13-23-22/h2-10,13-15H,11-12,16H2,1H3,(H,24,25). The lowest BCUT2D eigenvalue weighted by Crippen LogP contribution is -2.23. The summed E-state index contributed by atoms with van der Waals surface area (Å²) in [7, 11) is 0. The molecule has 26 heavy (non-hydrogen) atoms. The van der Waals surface area contributed by atoms with Gasteiger partial charge in [-0.25, -0.2) is 4.98 Å². The molecule has 0 saturated heterocycles. The Balaban J connectivity index is 1.49. The van der Waals surface area contributed by atoms with Gasteiger partial charge < -0.3 is 10.1 Å². The molecule has 0 fully saturated rings. The van der Waals surface area contributed by atoms with Gasteiger partial charge in [-0.2, -0.15) is 0 Å². The summed E-state index contributed by atoms with van der Waals surface area (Å²) < 4.78 is 5.72. The molecule has 132 valence electrons. The summed E-state index contributed by atoms with van der Waals surface area (Å²) in [4.78, 5) is 16.2. The molecule has 1 N–H and O–H groups in total. The first-order valence-electron chi connectivity index (χ1n) is 8.69. The number of carbonyl (C=O) groups is 1. The Morgan fingerprint density at radius 3 is 2.65 bits per heavy atom. The van der Waals surface area contributed by atoms with Crippen LogP contribution in [0.2, 0.25) is 0 Å². The van der Waals surface area contributed by atoms with Crippen LogP contribution in [0.1, 0.15) is 23.1 Å². The van der Waals surface area contributed by atoms with E-state index in [0.717, 1.165) is 12.0 Å². The summed E-state index contributed by atoms with van der Waals surface area (Å²) in [5.41, 5.74) is 3.39. The van der Waals surface area contributed by atoms with E-state index < -0.39 is 0 Å². The normalized spacial score (nSPS) is 10.3. The molecule has 3 rings (SSSR count). The molecule has 1 amide bonds. The molecule has 4 nitrogen and oxygen atoms in total. The van der Waals surface area contributed by atoms with Crippen molar-refractivity contribution >= 4 is 5.91 Å². The topological polar surface area (TPSA) is 51.2 Å². The van der Waals surface area contributed by atoms with Gasteiger partial charge >= 0.3 is 0 Å². The SMILES string of the molecule is Cc1cccc(CCC(=O)NCc2cccc(Oc3ccccn3)c2)c1. The lowest BCUT2D eigenvalue weighted by atomic mass is 10.1. The van der Waals surface area contributed by atoms with Crippen LogP contribution in [0.3, 0.4) is 0 Å². The van der Waals surface area contributed by atoms with Crippen LogP contribution >= 0.6 is 0 Å². The Morgan fingerprint density at radius 2 is 1.85 bits per heavy atom. The molecule has 0 aliphatic heterocycles. The molecule has 2 aromatic carbocycles. The molecule has 1 heterocycles. The van der Waals surface area contributed by atoms with Crippen molar-refractivity contribution in [3.05, 3.63) is 89.6 Å². The Hall–Kier alpha value is -3.14. The highest BCUT2D eigenvalue weighted by atomic mass is 16.5. The second-order valence-electron chi connectivity index (χ2n) is 6.18. The number of carbonyl (C=O) groups excluding carboxylic acids is 1. The van der Waals surface area contributed by atoms with E-state index in [2.05, 4.69) is 35.4 Å². The molecule has 0 aliphatic carbocycles. The van der Waals surface area contributed by atoms with Crippen molar-refractivity contribution in [1.82, 2.24) is 10.3 Å². The lowest BCUT2D eigenvalue weighted by molar-refractivity contribution is -0.121. The maximum absolute atomic E-state index is 12.1. The number of hydrogen-bond acceptors (Lipinski definition) is 3. The van der Waals surface area contributed by atoms with E-state index in [1.807, 2.05) is 42.5 Å². The van der Waals surface area contributed by atoms with Gasteiger partial charge in [0.15, 0.2) is 0 Å². The van der Waals surface area contributed by atoms with Gasteiger partial charge in [-0.1, -0.05) is 48.0 Å². The van der Waals surface area contributed by atoms with Crippen LogP contribution in [-0.4, -0.2) is 10.9 Å². The Labute approximate surface area is 153 Å². The van der Waals surface area contributed by atoms with Gasteiger partial charge in [0, 0.05) is 25.2 Å². The summed E-state index contributed by atoms with van der Waals surface area (Å²) in [6.45, 7) is 2.54. The lowest BCUT2D eigenvalue weighted by Gasteiger charge is -2.08. The average Bonchev–Trinajstić information content (AvgIpc) is 2.66. The first-order valence-corrected chi connectivity index (χ1v) is 8.69. The van der Waals surface area contributed by atoms with Crippen LogP contribution in [0.4, 0.5) is 0 Å². The molecule has 0 unspecified atom stereocenters. The van der Waals surface area contributed by atoms with E-state index in [-0.39, 0.29) is 5.91 Å². The molecule has 0 atom stereocenters. The third-order valence-electron chi connectivity index (χ3n) is 3.97. The third kappa shape index (κ3) is 5.45. The first-order chi connectivity index (χ1) is 12.7. The van der Waals surface area contributed by atoms with Crippen LogP contribution in [0.5, 0.6) is 11.6 Å². The fraction of sp³-hybridized carbons (Fsp3) is 0.182. The number of ether oxygens (including phenoxy) is 1. The van der Waals surface area contributed by atoms with Gasteiger partial charge in [0.2, 0.25) is 11.8 Å². The minimum absolute atomic E-state index is 0.0440. The minimum atomic E-state index is 0.0440. The summed E-state index contributed by atoms with van der Waals surface area (Å²) in [6, 6.07) is 21.4. The summed E-state index contributed by atoms with van der Waals surface area (Å²) in [5.74, 6) is 1.30. The predicted octanol–water partition coefficient (Wildman–Crippen LogP) is 4.43. The largest absolute Gasteiger partial charge is 0.439 e. The number of amides is 1. The van der Waals surface area contributed by atoms with Crippen LogP contribution in [0.25, 0.3) is 0 Å². The zero-order valence-electron chi connectivity index (χ0n) is 14.8. The zero-order chi connectivity index (χ0) is 18.2. The van der Waals surface area contributed by atoms with Crippen molar-refractivity contribution in [3.63, 3.8) is 0 Å². The summed E-state index contributed by atoms with van der Waals surface area (Å²) >= 11 is 0. The van der Waals surface area contributed by atoms with Crippen LogP contribution < -0.4 is 10.1 Å². The van der Waals surface area contributed by atoms with E-state index in [1.54, 1.807) is 12.3 Å². The smallest absolute Gasteiger partial charge is 0.220 e. The zero-order valence-corrected chi connectivity index (χ0v) is 14.8. The maximum atomic E-state index is 12.1. The average molecular weight is 346 g/mol. The number of aryl methyl sites for hydroxylation is 2. The van der Waals surface area contributed by atoms with Crippen LogP contribution in [0.15, 0.2) is 72.9 Å². The molecular weight excluding hydrogens is 324 g/mol. The van der Waals surface area contributed by atoms with Crippen LogP contribution in [-0.2, 0) is 17.8 Å². The van der Waals surface area contributed by atoms with Gasteiger partial charge in [-0.3, -0.25) is 4.79 Å². The Bertz CT molecular complexity index is 863. The molecule has 1 aromatic heterocycles. The van der Waals surface area contributed by atoms with E-state index in [0.29, 0.717) is 24.6 Å². The molecule has 4 heteroatoms. The number of aromatic nitrogens is 1. The monoisotopic (exact) mass is 346 g/mol. The molecular formula is C22H22N2O2. The quantitative estimate of drug-likeness (QED) is 0.688. The van der Waals surface area contributed by atoms with Gasteiger partial charge in [0.05, 0.1) is 0 Å². The van der Waals surface area contributed by atoms with Gasteiger partial charge in [-0.15, -0.1) is 0 Å². The second kappa shape index (κ2) is 8.81. The Kier molecular flexibility index (Phi) is 5.99. The van der Waals surface area contributed by atoms with E-state index >= 15 is 0 Å². The van der Waals surface area contributed by atoms with Crippen LogP contribution in [0, 0.1) is 6.92 Å². The van der Waals surface area contributed by atoms with Gasteiger partial charge in [-0.05, 0) is 42.7 Å². The van der Waals surface area contributed by atoms with Crippen molar-refractivity contribution in [1.29, 1.82) is 0 Å². The number of hydrogen-bond donors (Lipinski definition) is 1. The van der Waals surface area contributed by atoms with Crippen molar-refractivity contribution < 1.29 is 9.53 Å². The van der Waals surface area contributed by atoms with Crippen molar-refractivity contribution in [2.24, 2.45) is 0 Å². The number of rotatable bonds is 7. The number of pyridine rings is 1. The van der Waals surface area contributed by atoms with Crippen molar-refractivity contribution in [2.75, 3.05) is 0 Å². The van der Waals surface area contributed by atoms with E-state index in [1.165, 1.54) is 11.1 Å². The van der Waals surface area contributed by atoms with E-state index in [4.69, 9.17) is 4.74 Å². The molecule has 0 aliphatic rings.